The molecular formula is C8H15NO3. The Labute approximate surface area is 72.1 Å². The number of carbonyl (C=O) groups is 1. The van der Waals surface area contributed by atoms with Gasteiger partial charge < -0.3 is 14.7 Å². The first kappa shape index (κ1) is 9.48. The van der Waals surface area contributed by atoms with E-state index < -0.39 is 6.10 Å². The summed E-state index contributed by atoms with van der Waals surface area (Å²) in [5, 5.41) is 9.25. The van der Waals surface area contributed by atoms with Crippen LogP contribution in [0.1, 0.15) is 13.3 Å². The van der Waals surface area contributed by atoms with Gasteiger partial charge in [0.25, 0.3) is 5.91 Å². The number of rotatable bonds is 2. The van der Waals surface area contributed by atoms with Crippen molar-refractivity contribution in [2.24, 2.45) is 0 Å². The van der Waals surface area contributed by atoms with Gasteiger partial charge in [-0.05, 0) is 6.42 Å². The van der Waals surface area contributed by atoms with Crippen molar-refractivity contribution in [3.8, 4) is 0 Å². The fourth-order valence-electron chi connectivity index (χ4n) is 1.17. The number of ether oxygens (including phenoxy) is 1. The number of aliphatic hydroxyl groups is 1. The van der Waals surface area contributed by atoms with E-state index in [4.69, 9.17) is 4.74 Å². The average molecular weight is 173 g/mol. The predicted molar refractivity (Wildman–Crippen MR) is 43.7 cm³/mol. The zero-order valence-electron chi connectivity index (χ0n) is 7.32. The van der Waals surface area contributed by atoms with Gasteiger partial charge in [-0.15, -0.1) is 0 Å². The van der Waals surface area contributed by atoms with Gasteiger partial charge in [0.05, 0.1) is 13.2 Å². The van der Waals surface area contributed by atoms with Crippen molar-refractivity contribution >= 4 is 5.91 Å². The first-order valence-electron chi connectivity index (χ1n) is 4.30. The van der Waals surface area contributed by atoms with Gasteiger partial charge in [-0.3, -0.25) is 4.79 Å². The Morgan fingerprint density at radius 2 is 2.17 bits per heavy atom. The van der Waals surface area contributed by atoms with Crippen molar-refractivity contribution in [2.75, 3.05) is 26.3 Å². The van der Waals surface area contributed by atoms with Crippen LogP contribution >= 0.6 is 0 Å². The second-order valence-electron chi connectivity index (χ2n) is 2.86. The van der Waals surface area contributed by atoms with E-state index in [-0.39, 0.29) is 5.91 Å². The molecule has 1 heterocycles. The largest absolute Gasteiger partial charge is 0.383 e. The maximum atomic E-state index is 11.3. The molecule has 0 aromatic carbocycles. The smallest absolute Gasteiger partial charge is 0.251 e. The molecule has 0 aliphatic carbocycles. The van der Waals surface area contributed by atoms with Gasteiger partial charge in [-0.2, -0.15) is 0 Å². The molecule has 1 aliphatic rings. The summed E-state index contributed by atoms with van der Waals surface area (Å²) >= 11 is 0. The molecule has 12 heavy (non-hydrogen) atoms. The molecule has 1 aliphatic heterocycles. The molecule has 0 radical (unpaired) electrons. The third kappa shape index (κ3) is 2.19. The molecule has 1 fully saturated rings. The molecule has 1 atom stereocenters. The maximum Gasteiger partial charge on any atom is 0.251 e. The van der Waals surface area contributed by atoms with E-state index in [9.17, 15) is 9.90 Å². The second-order valence-corrected chi connectivity index (χ2v) is 2.86. The van der Waals surface area contributed by atoms with Crippen LogP contribution in [0.3, 0.4) is 0 Å². The van der Waals surface area contributed by atoms with Crippen molar-refractivity contribution < 1.29 is 14.6 Å². The highest BCUT2D eigenvalue weighted by molar-refractivity contribution is 5.80. The minimum atomic E-state index is -0.830. The van der Waals surface area contributed by atoms with Gasteiger partial charge in [-0.25, -0.2) is 0 Å². The van der Waals surface area contributed by atoms with Crippen LogP contribution in [0.25, 0.3) is 0 Å². The number of carbonyl (C=O) groups excluding carboxylic acids is 1. The van der Waals surface area contributed by atoms with Crippen LogP contribution in [0, 0.1) is 0 Å². The molecule has 1 rings (SSSR count). The summed E-state index contributed by atoms with van der Waals surface area (Å²) in [6, 6.07) is 0. The summed E-state index contributed by atoms with van der Waals surface area (Å²) in [6.07, 6.45) is -0.348. The van der Waals surface area contributed by atoms with E-state index in [2.05, 4.69) is 0 Å². The van der Waals surface area contributed by atoms with Crippen LogP contribution in [0.2, 0.25) is 0 Å². The number of hydrogen-bond donors (Lipinski definition) is 1. The zero-order valence-corrected chi connectivity index (χ0v) is 7.32. The fraction of sp³-hybridized carbons (Fsp3) is 0.875. The van der Waals surface area contributed by atoms with E-state index in [1.54, 1.807) is 11.8 Å². The van der Waals surface area contributed by atoms with Crippen LogP contribution in [0.4, 0.5) is 0 Å². The number of nitrogens with zero attached hydrogens (tertiary/aromatic N) is 1. The van der Waals surface area contributed by atoms with E-state index in [1.165, 1.54) is 0 Å². The van der Waals surface area contributed by atoms with Crippen molar-refractivity contribution in [3.05, 3.63) is 0 Å². The van der Waals surface area contributed by atoms with Gasteiger partial charge in [0.1, 0.15) is 6.10 Å². The normalized spacial score (nSPS) is 20.7. The van der Waals surface area contributed by atoms with Crippen molar-refractivity contribution in [1.82, 2.24) is 4.90 Å². The Balaban J connectivity index is 2.39. The molecule has 0 aromatic rings. The standard InChI is InChI=1S/C8H15NO3/c1-2-7(10)8(11)9-3-5-12-6-4-9/h7,10H,2-6H2,1H3/t7-/m1/s1. The summed E-state index contributed by atoms with van der Waals surface area (Å²) < 4.78 is 5.09. The highest BCUT2D eigenvalue weighted by Crippen LogP contribution is 2.02. The molecule has 4 heteroatoms. The molecule has 1 N–H and O–H groups in total. The van der Waals surface area contributed by atoms with Crippen LogP contribution in [0.5, 0.6) is 0 Å². The highest BCUT2D eigenvalue weighted by atomic mass is 16.5. The molecular weight excluding hydrogens is 158 g/mol. The summed E-state index contributed by atoms with van der Waals surface area (Å²) in [4.78, 5) is 13.0. The molecule has 4 nitrogen and oxygen atoms in total. The quantitative estimate of drug-likeness (QED) is 0.619. The van der Waals surface area contributed by atoms with Crippen LogP contribution in [-0.4, -0.2) is 48.3 Å². The lowest BCUT2D eigenvalue weighted by Gasteiger charge is -2.28. The molecule has 70 valence electrons. The van der Waals surface area contributed by atoms with E-state index >= 15 is 0 Å². The third-order valence-electron chi connectivity index (χ3n) is 1.99. The monoisotopic (exact) mass is 173 g/mol. The minimum Gasteiger partial charge on any atom is -0.383 e. The lowest BCUT2D eigenvalue weighted by molar-refractivity contribution is -0.144. The number of hydrogen-bond acceptors (Lipinski definition) is 3. The van der Waals surface area contributed by atoms with Crippen molar-refractivity contribution in [3.63, 3.8) is 0 Å². The molecule has 1 amide bonds. The maximum absolute atomic E-state index is 11.3. The summed E-state index contributed by atoms with van der Waals surface area (Å²) in [7, 11) is 0. The van der Waals surface area contributed by atoms with Gasteiger partial charge >= 0.3 is 0 Å². The lowest BCUT2D eigenvalue weighted by atomic mass is 10.2. The first-order valence-corrected chi connectivity index (χ1v) is 4.30. The fourth-order valence-corrected chi connectivity index (χ4v) is 1.17. The predicted octanol–water partition coefficient (Wildman–Crippen LogP) is -0.384. The second kappa shape index (κ2) is 4.42. The Bertz CT molecular complexity index is 154. The van der Waals surface area contributed by atoms with E-state index in [1.807, 2.05) is 0 Å². The first-order chi connectivity index (χ1) is 5.75. The van der Waals surface area contributed by atoms with Crippen LogP contribution in [0.15, 0.2) is 0 Å². The molecule has 0 bridgehead atoms. The Hall–Kier alpha value is -0.610. The third-order valence-corrected chi connectivity index (χ3v) is 1.99. The topological polar surface area (TPSA) is 49.8 Å². The van der Waals surface area contributed by atoms with E-state index in [0.717, 1.165) is 0 Å². The lowest BCUT2D eigenvalue weighted by Crippen LogP contribution is -2.45. The number of aliphatic hydroxyl groups excluding tert-OH is 1. The van der Waals surface area contributed by atoms with Crippen LogP contribution < -0.4 is 0 Å². The molecule has 0 aromatic heterocycles. The number of morpholine rings is 1. The van der Waals surface area contributed by atoms with Gasteiger partial charge in [0, 0.05) is 13.1 Å². The molecule has 0 spiro atoms. The Morgan fingerprint density at radius 3 is 2.67 bits per heavy atom. The zero-order chi connectivity index (χ0) is 8.97. The SMILES string of the molecule is CC[C@@H](O)C(=O)N1CCOCC1. The summed E-state index contributed by atoms with van der Waals surface area (Å²) in [5.41, 5.74) is 0. The van der Waals surface area contributed by atoms with E-state index in [0.29, 0.717) is 32.7 Å². The number of amides is 1. The summed E-state index contributed by atoms with van der Waals surface area (Å²) in [6.45, 7) is 4.18. The minimum absolute atomic E-state index is 0.166. The molecule has 0 saturated carbocycles. The van der Waals surface area contributed by atoms with Crippen molar-refractivity contribution in [1.29, 1.82) is 0 Å². The van der Waals surface area contributed by atoms with Crippen molar-refractivity contribution in [2.45, 2.75) is 19.4 Å². The Morgan fingerprint density at radius 1 is 1.58 bits per heavy atom. The Kier molecular flexibility index (Phi) is 3.49. The van der Waals surface area contributed by atoms with Gasteiger partial charge in [-0.1, -0.05) is 6.92 Å². The van der Waals surface area contributed by atoms with Crippen LogP contribution in [-0.2, 0) is 9.53 Å². The van der Waals surface area contributed by atoms with Gasteiger partial charge in [0.15, 0.2) is 0 Å². The summed E-state index contributed by atoms with van der Waals surface area (Å²) in [5.74, 6) is -0.166. The molecule has 0 unspecified atom stereocenters. The average Bonchev–Trinajstić information content (AvgIpc) is 2.17. The molecule has 1 saturated heterocycles. The van der Waals surface area contributed by atoms with Gasteiger partial charge in [0.2, 0.25) is 0 Å². The highest BCUT2D eigenvalue weighted by Gasteiger charge is 2.21.